The highest BCUT2D eigenvalue weighted by Crippen LogP contribution is 2.34. The summed E-state index contributed by atoms with van der Waals surface area (Å²) in [6.45, 7) is 3.38. The number of carbonyl (C=O) groups excluding carboxylic acids is 1. The van der Waals surface area contributed by atoms with Crippen molar-refractivity contribution in [2.45, 2.75) is 32.2 Å². The van der Waals surface area contributed by atoms with Crippen molar-refractivity contribution in [3.8, 4) is 5.75 Å². The maximum absolute atomic E-state index is 13.8. The molecule has 2 aromatic rings. The van der Waals surface area contributed by atoms with Crippen LogP contribution in [-0.2, 0) is 22.4 Å². The van der Waals surface area contributed by atoms with Crippen LogP contribution in [0.1, 0.15) is 36.1 Å². The van der Waals surface area contributed by atoms with Gasteiger partial charge in [0.25, 0.3) is 0 Å². The molecule has 0 saturated carbocycles. The van der Waals surface area contributed by atoms with Gasteiger partial charge in [0.1, 0.15) is 12.4 Å². The lowest BCUT2D eigenvalue weighted by molar-refractivity contribution is -0.133. The van der Waals surface area contributed by atoms with E-state index in [0.29, 0.717) is 43.9 Å². The van der Waals surface area contributed by atoms with Crippen LogP contribution in [0.15, 0.2) is 36.4 Å². The summed E-state index contributed by atoms with van der Waals surface area (Å²) in [5.41, 5.74) is 2.34. The second-order valence-corrected chi connectivity index (χ2v) is 6.89. The van der Waals surface area contributed by atoms with E-state index in [4.69, 9.17) is 9.47 Å². The molecule has 0 bridgehead atoms. The fraction of sp³-hybridized carbons (Fsp3) is 0.409. The highest BCUT2D eigenvalue weighted by molar-refractivity contribution is 5.79. The highest BCUT2D eigenvalue weighted by atomic mass is 19.2. The number of carbonyl (C=O) groups is 1. The number of amides is 1. The van der Waals surface area contributed by atoms with E-state index in [2.05, 4.69) is 0 Å². The number of nitrogens with zero attached hydrogens (tertiary/aromatic N) is 1. The Morgan fingerprint density at radius 2 is 1.96 bits per heavy atom. The Morgan fingerprint density at radius 3 is 2.71 bits per heavy atom. The van der Waals surface area contributed by atoms with Crippen molar-refractivity contribution in [2.75, 3.05) is 26.9 Å². The molecule has 0 N–H and O–H groups in total. The molecule has 6 heteroatoms. The molecule has 1 atom stereocenters. The summed E-state index contributed by atoms with van der Waals surface area (Å²) in [6, 6.07) is 9.68. The van der Waals surface area contributed by atoms with E-state index in [1.54, 1.807) is 12.0 Å². The third kappa shape index (κ3) is 4.50. The van der Waals surface area contributed by atoms with E-state index < -0.39 is 11.6 Å². The predicted molar refractivity (Wildman–Crippen MR) is 102 cm³/mol. The fourth-order valence-corrected chi connectivity index (χ4v) is 3.70. The Kier molecular flexibility index (Phi) is 6.62. The van der Waals surface area contributed by atoms with Crippen LogP contribution in [-0.4, -0.2) is 37.7 Å². The minimum Gasteiger partial charge on any atom is -0.491 e. The van der Waals surface area contributed by atoms with Gasteiger partial charge in [-0.25, -0.2) is 8.78 Å². The van der Waals surface area contributed by atoms with Crippen molar-refractivity contribution < 1.29 is 23.0 Å². The van der Waals surface area contributed by atoms with Crippen molar-refractivity contribution in [3.05, 3.63) is 64.7 Å². The number of methoxy groups -OCH3 is 1. The Balaban J connectivity index is 1.73. The van der Waals surface area contributed by atoms with E-state index in [0.717, 1.165) is 11.1 Å². The Bertz CT molecular complexity index is 841. The molecule has 2 aromatic carbocycles. The molecule has 3 rings (SSSR count). The van der Waals surface area contributed by atoms with Crippen LogP contribution in [0.25, 0.3) is 0 Å². The molecular weight excluding hydrogens is 364 g/mol. The lowest BCUT2D eigenvalue weighted by Gasteiger charge is -2.37. The molecule has 1 heterocycles. The van der Waals surface area contributed by atoms with Gasteiger partial charge in [0.05, 0.1) is 19.1 Å². The lowest BCUT2D eigenvalue weighted by atomic mass is 9.90. The van der Waals surface area contributed by atoms with Crippen LogP contribution in [0.3, 0.4) is 0 Å². The van der Waals surface area contributed by atoms with Crippen LogP contribution in [0.2, 0.25) is 0 Å². The number of hydrogen-bond acceptors (Lipinski definition) is 3. The molecule has 150 valence electrons. The summed E-state index contributed by atoms with van der Waals surface area (Å²) in [7, 11) is 1.61. The monoisotopic (exact) mass is 389 g/mol. The number of fused-ring (bicyclic) bond motifs is 1. The first-order valence-corrected chi connectivity index (χ1v) is 9.51. The molecule has 1 aliphatic heterocycles. The maximum atomic E-state index is 13.8. The van der Waals surface area contributed by atoms with Crippen molar-refractivity contribution in [3.63, 3.8) is 0 Å². The molecule has 4 nitrogen and oxygen atoms in total. The average Bonchev–Trinajstić information content (AvgIpc) is 2.68. The lowest BCUT2D eigenvalue weighted by Crippen LogP contribution is -2.40. The topological polar surface area (TPSA) is 38.8 Å². The van der Waals surface area contributed by atoms with E-state index in [1.807, 2.05) is 31.2 Å². The molecule has 0 aromatic heterocycles. The molecule has 0 spiro atoms. The van der Waals surface area contributed by atoms with E-state index in [-0.39, 0.29) is 18.4 Å². The van der Waals surface area contributed by atoms with Gasteiger partial charge in [0.2, 0.25) is 5.91 Å². The van der Waals surface area contributed by atoms with Gasteiger partial charge in [-0.1, -0.05) is 19.1 Å². The third-order valence-corrected chi connectivity index (χ3v) is 5.06. The standard InChI is InChI=1S/C22H25F2NO3/c1-3-21-18-14-20(24)19(23)13-16(18)7-8-25(21)22(26)12-15-5-4-6-17(11-15)28-10-9-27-2/h4-6,11,13-14,21H,3,7-10,12H2,1-2H3. The molecule has 0 radical (unpaired) electrons. The second kappa shape index (κ2) is 9.15. The normalized spacial score (nSPS) is 16.0. The van der Waals surface area contributed by atoms with Gasteiger partial charge in [-0.05, 0) is 53.8 Å². The summed E-state index contributed by atoms with van der Waals surface area (Å²) in [4.78, 5) is 14.7. The van der Waals surface area contributed by atoms with Gasteiger partial charge in [-0.15, -0.1) is 0 Å². The first-order valence-electron chi connectivity index (χ1n) is 9.51. The summed E-state index contributed by atoms with van der Waals surface area (Å²) < 4.78 is 37.9. The molecule has 0 fully saturated rings. The van der Waals surface area contributed by atoms with Gasteiger partial charge >= 0.3 is 0 Å². The summed E-state index contributed by atoms with van der Waals surface area (Å²) >= 11 is 0. The quantitative estimate of drug-likeness (QED) is 0.670. The average molecular weight is 389 g/mol. The largest absolute Gasteiger partial charge is 0.491 e. The Morgan fingerprint density at radius 1 is 1.18 bits per heavy atom. The number of ether oxygens (including phenoxy) is 2. The highest BCUT2D eigenvalue weighted by Gasteiger charge is 2.30. The van der Waals surface area contributed by atoms with Crippen molar-refractivity contribution >= 4 is 5.91 Å². The van der Waals surface area contributed by atoms with Crippen LogP contribution in [0, 0.1) is 11.6 Å². The predicted octanol–water partition coefficient (Wildman–Crippen LogP) is 4.07. The zero-order chi connectivity index (χ0) is 20.1. The zero-order valence-electron chi connectivity index (χ0n) is 16.2. The summed E-state index contributed by atoms with van der Waals surface area (Å²) in [5.74, 6) is -1.04. The van der Waals surface area contributed by atoms with Crippen LogP contribution in [0.4, 0.5) is 8.78 Å². The third-order valence-electron chi connectivity index (χ3n) is 5.06. The molecule has 0 saturated heterocycles. The molecule has 1 amide bonds. The number of halogens is 2. The Labute approximate surface area is 164 Å². The first kappa shape index (κ1) is 20.3. The second-order valence-electron chi connectivity index (χ2n) is 6.89. The minimum atomic E-state index is -0.868. The first-order chi connectivity index (χ1) is 13.5. The molecule has 0 aliphatic carbocycles. The SMILES string of the molecule is CCC1c2cc(F)c(F)cc2CCN1C(=O)Cc1cccc(OCCOC)c1. The molecule has 1 aliphatic rings. The van der Waals surface area contributed by atoms with Gasteiger partial charge in [0, 0.05) is 13.7 Å². The van der Waals surface area contributed by atoms with Crippen molar-refractivity contribution in [2.24, 2.45) is 0 Å². The van der Waals surface area contributed by atoms with E-state index in [1.165, 1.54) is 12.1 Å². The summed E-state index contributed by atoms with van der Waals surface area (Å²) in [5, 5.41) is 0. The fourth-order valence-electron chi connectivity index (χ4n) is 3.70. The van der Waals surface area contributed by atoms with Crippen LogP contribution < -0.4 is 4.74 Å². The van der Waals surface area contributed by atoms with Gasteiger partial charge in [-0.2, -0.15) is 0 Å². The molecule has 28 heavy (non-hydrogen) atoms. The number of benzene rings is 2. The van der Waals surface area contributed by atoms with E-state index >= 15 is 0 Å². The minimum absolute atomic E-state index is 0.0312. The molecular formula is C22H25F2NO3. The van der Waals surface area contributed by atoms with Gasteiger partial charge in [-0.3, -0.25) is 4.79 Å². The number of hydrogen-bond donors (Lipinski definition) is 0. The number of rotatable bonds is 7. The van der Waals surface area contributed by atoms with Crippen molar-refractivity contribution in [1.82, 2.24) is 4.90 Å². The Hall–Kier alpha value is -2.47. The summed E-state index contributed by atoms with van der Waals surface area (Å²) in [6.07, 6.45) is 1.40. The van der Waals surface area contributed by atoms with Crippen LogP contribution in [0.5, 0.6) is 5.75 Å². The van der Waals surface area contributed by atoms with E-state index in [9.17, 15) is 13.6 Å². The zero-order valence-corrected chi connectivity index (χ0v) is 16.2. The van der Waals surface area contributed by atoms with Gasteiger partial charge < -0.3 is 14.4 Å². The molecule has 1 unspecified atom stereocenters. The smallest absolute Gasteiger partial charge is 0.227 e. The van der Waals surface area contributed by atoms with Crippen LogP contribution >= 0.6 is 0 Å². The van der Waals surface area contributed by atoms with Crippen molar-refractivity contribution in [1.29, 1.82) is 0 Å². The van der Waals surface area contributed by atoms with Gasteiger partial charge in [0.15, 0.2) is 11.6 Å². The maximum Gasteiger partial charge on any atom is 0.227 e.